The van der Waals surface area contributed by atoms with Gasteiger partial charge in [-0.25, -0.2) is 14.4 Å². The minimum Gasteiger partial charge on any atom is -0.327 e. The van der Waals surface area contributed by atoms with E-state index in [1.165, 1.54) is 12.1 Å². The van der Waals surface area contributed by atoms with Crippen LogP contribution in [-0.4, -0.2) is 19.1 Å². The molecule has 0 amide bonds. The molecule has 0 bridgehead atoms. The van der Waals surface area contributed by atoms with Crippen LogP contribution < -0.4 is 5.56 Å². The lowest BCUT2D eigenvalue weighted by atomic mass is 10.1. The van der Waals surface area contributed by atoms with Crippen LogP contribution in [0.15, 0.2) is 90.2 Å². The highest BCUT2D eigenvalue weighted by Gasteiger charge is 2.07. The topological polar surface area (TPSA) is 52.7 Å². The van der Waals surface area contributed by atoms with Crippen molar-refractivity contribution in [2.75, 3.05) is 0 Å². The molecule has 3 heterocycles. The average molecular weight is 557 g/mol. The number of benzene rings is 2. The summed E-state index contributed by atoms with van der Waals surface area (Å²) in [6.45, 7) is 18.5. The Hall–Kier alpha value is -4.32. The number of rotatable bonds is 5. The molecule has 6 heteroatoms. The van der Waals surface area contributed by atoms with Gasteiger partial charge in [0.15, 0.2) is 0 Å². The van der Waals surface area contributed by atoms with E-state index in [9.17, 15) is 9.18 Å². The molecule has 0 unspecified atom stereocenters. The van der Waals surface area contributed by atoms with E-state index in [-0.39, 0.29) is 11.4 Å². The second-order valence-corrected chi connectivity index (χ2v) is 7.93. The molecule has 0 fully saturated rings. The van der Waals surface area contributed by atoms with Crippen molar-refractivity contribution in [3.63, 3.8) is 0 Å². The van der Waals surface area contributed by atoms with Crippen molar-refractivity contribution in [1.82, 2.24) is 19.1 Å². The molecule has 0 saturated heterocycles. The molecular weight excluding hydrogens is 511 g/mol. The fourth-order valence-corrected chi connectivity index (χ4v) is 3.82. The fourth-order valence-electron chi connectivity index (χ4n) is 3.82. The summed E-state index contributed by atoms with van der Waals surface area (Å²) in [5, 5.41) is 0.984. The third kappa shape index (κ3) is 9.67. The van der Waals surface area contributed by atoms with Gasteiger partial charge >= 0.3 is 0 Å². The maximum Gasteiger partial charge on any atom is 0.256 e. The van der Waals surface area contributed by atoms with Gasteiger partial charge in [-0.2, -0.15) is 0 Å². The molecule has 0 aliphatic carbocycles. The first-order valence-corrected chi connectivity index (χ1v) is 14.6. The standard InChI is InChI=1S/C27H21FN4O.4C2H6/c1-19-5-8-22-9-12-27(33)32(25(22)13-19)26-11-7-20(15-30-26)6-10-24-16-29-18-31(24)17-21-3-2-4-23(28)14-21;4*1-2/h2-16,18H,17H2,1H3;4*1-2H3/b10-6+;;;;. The molecule has 218 valence electrons. The van der Waals surface area contributed by atoms with E-state index in [0.717, 1.165) is 33.3 Å². The second kappa shape index (κ2) is 18.9. The van der Waals surface area contributed by atoms with E-state index in [1.807, 2.05) is 121 Å². The number of imidazole rings is 1. The summed E-state index contributed by atoms with van der Waals surface area (Å²) < 4.78 is 17.1. The molecule has 0 spiro atoms. The van der Waals surface area contributed by atoms with Gasteiger partial charge in [-0.1, -0.05) is 85.7 Å². The van der Waals surface area contributed by atoms with Crippen molar-refractivity contribution >= 4 is 23.1 Å². The lowest BCUT2D eigenvalue weighted by molar-refractivity contribution is 0.623. The summed E-state index contributed by atoms with van der Waals surface area (Å²) in [5.41, 5.74) is 4.44. The molecule has 2 aromatic carbocycles. The van der Waals surface area contributed by atoms with Crippen LogP contribution in [0.2, 0.25) is 0 Å². The Morgan fingerprint density at radius 2 is 1.51 bits per heavy atom. The molecule has 5 nitrogen and oxygen atoms in total. The Morgan fingerprint density at radius 1 is 0.805 bits per heavy atom. The molecule has 0 aliphatic heterocycles. The number of hydrogen-bond donors (Lipinski definition) is 0. The molecule has 5 aromatic rings. The Kier molecular flexibility index (Phi) is 16.0. The van der Waals surface area contributed by atoms with Gasteiger partial charge in [0.1, 0.15) is 11.6 Å². The van der Waals surface area contributed by atoms with Crippen LogP contribution in [-0.2, 0) is 6.54 Å². The molecule has 0 aliphatic rings. The van der Waals surface area contributed by atoms with Crippen LogP contribution in [0.25, 0.3) is 28.9 Å². The zero-order valence-electron chi connectivity index (χ0n) is 26.0. The normalized spacial score (nSPS) is 9.80. The first kappa shape index (κ1) is 34.7. The van der Waals surface area contributed by atoms with Gasteiger partial charge in [-0.05, 0) is 71.5 Å². The van der Waals surface area contributed by atoms with Crippen LogP contribution in [0.1, 0.15) is 77.8 Å². The van der Waals surface area contributed by atoms with Crippen molar-refractivity contribution < 1.29 is 4.39 Å². The summed E-state index contributed by atoms with van der Waals surface area (Å²) in [6.07, 6.45) is 9.10. The van der Waals surface area contributed by atoms with E-state index in [1.54, 1.807) is 35.4 Å². The van der Waals surface area contributed by atoms with Gasteiger partial charge in [0, 0.05) is 18.8 Å². The van der Waals surface area contributed by atoms with Crippen LogP contribution >= 0.6 is 0 Å². The van der Waals surface area contributed by atoms with Gasteiger partial charge in [0.05, 0.1) is 23.7 Å². The summed E-state index contributed by atoms with van der Waals surface area (Å²) in [7, 11) is 0. The summed E-state index contributed by atoms with van der Waals surface area (Å²) in [4.78, 5) is 21.3. The highest BCUT2D eigenvalue weighted by molar-refractivity contribution is 5.81. The van der Waals surface area contributed by atoms with E-state index in [0.29, 0.717) is 12.4 Å². The van der Waals surface area contributed by atoms with Crippen molar-refractivity contribution in [3.05, 3.63) is 124 Å². The fraction of sp³-hybridized carbons (Fsp3) is 0.286. The molecule has 5 rings (SSSR count). The summed E-state index contributed by atoms with van der Waals surface area (Å²) in [6, 6.07) is 19.7. The van der Waals surface area contributed by atoms with E-state index in [4.69, 9.17) is 0 Å². The Labute approximate surface area is 245 Å². The van der Waals surface area contributed by atoms with Crippen LogP contribution in [0.4, 0.5) is 4.39 Å². The van der Waals surface area contributed by atoms with Crippen LogP contribution in [0.3, 0.4) is 0 Å². The third-order valence-corrected chi connectivity index (χ3v) is 5.49. The maximum atomic E-state index is 13.5. The predicted molar refractivity (Wildman–Crippen MR) is 174 cm³/mol. The van der Waals surface area contributed by atoms with E-state index < -0.39 is 0 Å². The number of hydrogen-bond acceptors (Lipinski definition) is 3. The largest absolute Gasteiger partial charge is 0.327 e. The SMILES string of the molecule is CC.CC.CC.CC.Cc1ccc2ccc(=O)n(-c3ccc(/C=C/c4cncn4Cc4cccc(F)c4)cn3)c2c1. The molecule has 0 radical (unpaired) electrons. The van der Waals surface area contributed by atoms with Crippen LogP contribution in [0.5, 0.6) is 0 Å². The van der Waals surface area contributed by atoms with Gasteiger partial charge in [-0.3, -0.25) is 9.36 Å². The minimum absolute atomic E-state index is 0.120. The second-order valence-electron chi connectivity index (χ2n) is 7.93. The zero-order chi connectivity index (χ0) is 30.8. The quantitative estimate of drug-likeness (QED) is 0.217. The van der Waals surface area contributed by atoms with Gasteiger partial charge in [-0.15, -0.1) is 0 Å². The predicted octanol–water partition coefficient (Wildman–Crippen LogP) is 9.35. The number of pyridine rings is 2. The highest BCUT2D eigenvalue weighted by Crippen LogP contribution is 2.18. The number of nitrogens with zero attached hydrogens (tertiary/aromatic N) is 4. The lowest BCUT2D eigenvalue weighted by Gasteiger charge is -2.10. The van der Waals surface area contributed by atoms with Crippen molar-refractivity contribution in [1.29, 1.82) is 0 Å². The Bertz CT molecular complexity index is 1530. The first-order valence-electron chi connectivity index (χ1n) is 14.6. The van der Waals surface area contributed by atoms with E-state index >= 15 is 0 Å². The number of fused-ring (bicyclic) bond motifs is 1. The molecule has 0 atom stereocenters. The molecule has 41 heavy (non-hydrogen) atoms. The van der Waals surface area contributed by atoms with Crippen molar-refractivity contribution in [2.24, 2.45) is 0 Å². The first-order chi connectivity index (χ1) is 20.1. The summed E-state index contributed by atoms with van der Waals surface area (Å²) in [5.74, 6) is 0.320. The van der Waals surface area contributed by atoms with Crippen LogP contribution in [0, 0.1) is 12.7 Å². The average Bonchev–Trinajstić information content (AvgIpc) is 3.47. The number of aromatic nitrogens is 4. The number of aryl methyl sites for hydroxylation is 1. The molecule has 3 aromatic heterocycles. The minimum atomic E-state index is -0.253. The molecule has 0 saturated carbocycles. The molecular formula is C35H45FN4O. The third-order valence-electron chi connectivity index (χ3n) is 5.49. The van der Waals surface area contributed by atoms with Gasteiger partial charge in [0.2, 0.25) is 0 Å². The lowest BCUT2D eigenvalue weighted by Crippen LogP contribution is -2.18. The smallest absolute Gasteiger partial charge is 0.256 e. The monoisotopic (exact) mass is 556 g/mol. The summed E-state index contributed by atoms with van der Waals surface area (Å²) >= 11 is 0. The highest BCUT2D eigenvalue weighted by atomic mass is 19.1. The number of halogens is 1. The van der Waals surface area contributed by atoms with E-state index in [2.05, 4.69) is 9.97 Å². The Balaban J connectivity index is 0.000000969. The van der Waals surface area contributed by atoms with Crippen molar-refractivity contribution in [2.45, 2.75) is 68.9 Å². The maximum absolute atomic E-state index is 13.5. The zero-order valence-corrected chi connectivity index (χ0v) is 26.0. The van der Waals surface area contributed by atoms with Gasteiger partial charge in [0.25, 0.3) is 5.56 Å². The van der Waals surface area contributed by atoms with Gasteiger partial charge < -0.3 is 4.57 Å². The molecule has 0 N–H and O–H groups in total. The van der Waals surface area contributed by atoms with Crippen molar-refractivity contribution in [3.8, 4) is 5.82 Å². The Morgan fingerprint density at radius 3 is 2.17 bits per heavy atom.